The maximum Gasteiger partial charge on any atom is 0.141 e. The quantitative estimate of drug-likeness (QED) is 0.810. The lowest BCUT2D eigenvalue weighted by Crippen LogP contribution is -2.00. The van der Waals surface area contributed by atoms with Crippen LogP contribution in [-0.2, 0) is 6.54 Å². The molecule has 0 fully saturated rings. The molecule has 2 aromatic rings. The molecule has 2 rings (SSSR count). The van der Waals surface area contributed by atoms with Gasteiger partial charge < -0.3 is 0 Å². The van der Waals surface area contributed by atoms with Crippen molar-refractivity contribution in [1.29, 1.82) is 0 Å². The minimum atomic E-state index is -0.413. The van der Waals surface area contributed by atoms with E-state index in [2.05, 4.69) is 26.2 Å². The third-order valence-corrected chi connectivity index (χ3v) is 3.05. The Labute approximate surface area is 112 Å². The molecule has 0 aliphatic rings. The normalized spacial score (nSPS) is 12.7. The largest absolute Gasteiger partial charge is 0.248 e. The number of alkyl halides is 1. The van der Waals surface area contributed by atoms with Gasteiger partial charge in [0.1, 0.15) is 5.82 Å². The molecule has 0 saturated heterocycles. The van der Waals surface area contributed by atoms with Gasteiger partial charge in [-0.3, -0.25) is 0 Å². The van der Waals surface area contributed by atoms with Gasteiger partial charge in [-0.2, -0.15) is 0 Å². The van der Waals surface area contributed by atoms with E-state index in [1.54, 1.807) is 16.8 Å². The highest BCUT2D eigenvalue weighted by Gasteiger charge is 2.07. The number of aromatic nitrogens is 3. The summed E-state index contributed by atoms with van der Waals surface area (Å²) < 4.78 is 14.7. The molecule has 1 heterocycles. The van der Waals surface area contributed by atoms with Crippen LogP contribution in [0.4, 0.5) is 4.39 Å². The van der Waals surface area contributed by atoms with Gasteiger partial charge in [0.25, 0.3) is 0 Å². The van der Waals surface area contributed by atoms with Crippen LogP contribution in [0, 0.1) is 5.82 Å². The molecule has 17 heavy (non-hydrogen) atoms. The second kappa shape index (κ2) is 5.14. The van der Waals surface area contributed by atoms with Crippen LogP contribution in [0.1, 0.15) is 23.0 Å². The van der Waals surface area contributed by atoms with Gasteiger partial charge in [-0.15, -0.1) is 5.10 Å². The Morgan fingerprint density at radius 2 is 2.29 bits per heavy atom. The summed E-state index contributed by atoms with van der Waals surface area (Å²) in [6, 6.07) is 4.62. The van der Waals surface area contributed by atoms with Crippen molar-refractivity contribution >= 4 is 27.5 Å². The van der Waals surface area contributed by atoms with E-state index in [4.69, 9.17) is 11.6 Å². The fourth-order valence-electron chi connectivity index (χ4n) is 1.40. The molecule has 0 radical (unpaired) electrons. The fourth-order valence-corrected chi connectivity index (χ4v) is 1.81. The summed E-state index contributed by atoms with van der Waals surface area (Å²) in [5.74, 6) is -0.413. The van der Waals surface area contributed by atoms with Crippen molar-refractivity contribution in [2.45, 2.75) is 18.3 Å². The molecule has 1 unspecified atom stereocenters. The molecule has 0 saturated carbocycles. The number of benzene rings is 1. The Morgan fingerprint density at radius 3 is 2.88 bits per heavy atom. The smallest absolute Gasteiger partial charge is 0.141 e. The minimum absolute atomic E-state index is 0.122. The number of hydrogen-bond acceptors (Lipinski definition) is 2. The van der Waals surface area contributed by atoms with E-state index < -0.39 is 5.82 Å². The molecule has 0 aliphatic heterocycles. The van der Waals surface area contributed by atoms with Crippen LogP contribution in [0.2, 0.25) is 5.02 Å². The first-order valence-electron chi connectivity index (χ1n) is 5.04. The lowest BCUT2D eigenvalue weighted by atomic mass is 10.2. The van der Waals surface area contributed by atoms with Gasteiger partial charge >= 0.3 is 0 Å². The van der Waals surface area contributed by atoms with Crippen LogP contribution in [0.3, 0.4) is 0 Å². The summed E-state index contributed by atoms with van der Waals surface area (Å²) in [7, 11) is 0. The first-order valence-corrected chi connectivity index (χ1v) is 6.33. The Hall–Kier alpha value is -0.940. The highest BCUT2D eigenvalue weighted by molar-refractivity contribution is 9.09. The van der Waals surface area contributed by atoms with Gasteiger partial charge in [-0.1, -0.05) is 38.8 Å². The third kappa shape index (κ3) is 3.04. The fraction of sp³-hybridized carbons (Fsp3) is 0.273. The van der Waals surface area contributed by atoms with Gasteiger partial charge in [0.05, 0.1) is 22.1 Å². The molecule has 6 heteroatoms. The highest BCUT2D eigenvalue weighted by atomic mass is 79.9. The van der Waals surface area contributed by atoms with Crippen molar-refractivity contribution in [2.75, 3.05) is 0 Å². The highest BCUT2D eigenvalue weighted by Crippen LogP contribution is 2.19. The van der Waals surface area contributed by atoms with Crippen molar-refractivity contribution in [2.24, 2.45) is 0 Å². The van der Waals surface area contributed by atoms with E-state index in [1.807, 2.05) is 13.1 Å². The second-order valence-electron chi connectivity index (χ2n) is 3.71. The first-order chi connectivity index (χ1) is 8.06. The molecular formula is C11H10BrClFN3. The van der Waals surface area contributed by atoms with Crippen molar-refractivity contribution in [3.63, 3.8) is 0 Å². The maximum absolute atomic E-state index is 13.0. The Kier molecular flexibility index (Phi) is 3.79. The maximum atomic E-state index is 13.0. The van der Waals surface area contributed by atoms with Gasteiger partial charge in [0.15, 0.2) is 0 Å². The zero-order valence-corrected chi connectivity index (χ0v) is 11.4. The summed E-state index contributed by atoms with van der Waals surface area (Å²) in [4.78, 5) is 0.160. The van der Waals surface area contributed by atoms with Crippen molar-refractivity contribution < 1.29 is 4.39 Å². The number of nitrogens with zero attached hydrogens (tertiary/aromatic N) is 3. The van der Waals surface area contributed by atoms with E-state index in [-0.39, 0.29) is 9.85 Å². The predicted molar refractivity (Wildman–Crippen MR) is 67.9 cm³/mol. The Bertz CT molecular complexity index is 527. The monoisotopic (exact) mass is 317 g/mol. The minimum Gasteiger partial charge on any atom is -0.248 e. The van der Waals surface area contributed by atoms with E-state index in [9.17, 15) is 4.39 Å². The Morgan fingerprint density at radius 1 is 1.53 bits per heavy atom. The zero-order chi connectivity index (χ0) is 12.4. The summed E-state index contributed by atoms with van der Waals surface area (Å²) in [6.07, 6.45) is 1.84. The van der Waals surface area contributed by atoms with Crippen LogP contribution in [0.15, 0.2) is 24.4 Å². The summed E-state index contributed by atoms with van der Waals surface area (Å²) in [5.41, 5.74) is 1.74. The molecule has 1 aromatic carbocycles. The van der Waals surface area contributed by atoms with E-state index >= 15 is 0 Å². The van der Waals surface area contributed by atoms with E-state index in [0.717, 1.165) is 11.3 Å². The van der Waals surface area contributed by atoms with Gasteiger partial charge in [-0.25, -0.2) is 9.07 Å². The molecule has 0 N–H and O–H groups in total. The molecule has 0 spiro atoms. The Balaban J connectivity index is 2.16. The van der Waals surface area contributed by atoms with Crippen molar-refractivity contribution in [3.8, 4) is 0 Å². The molecule has 90 valence electrons. The number of halogens is 3. The van der Waals surface area contributed by atoms with Crippen LogP contribution in [0.25, 0.3) is 0 Å². The molecule has 0 aliphatic carbocycles. The van der Waals surface area contributed by atoms with Crippen LogP contribution < -0.4 is 0 Å². The number of rotatable bonds is 3. The number of hydrogen-bond donors (Lipinski definition) is 0. The van der Waals surface area contributed by atoms with Crippen LogP contribution in [-0.4, -0.2) is 15.0 Å². The molecule has 3 nitrogen and oxygen atoms in total. The lowest BCUT2D eigenvalue weighted by molar-refractivity contribution is 0.622. The predicted octanol–water partition coefficient (Wildman–Crippen LogP) is 3.57. The molecule has 1 atom stereocenters. The summed E-state index contributed by atoms with van der Waals surface area (Å²) in [6.45, 7) is 2.50. The first kappa shape index (κ1) is 12.5. The van der Waals surface area contributed by atoms with Crippen molar-refractivity contribution in [3.05, 3.63) is 46.5 Å². The van der Waals surface area contributed by atoms with Gasteiger partial charge in [-0.05, 0) is 24.6 Å². The third-order valence-electron chi connectivity index (χ3n) is 2.29. The van der Waals surface area contributed by atoms with Gasteiger partial charge in [0.2, 0.25) is 0 Å². The van der Waals surface area contributed by atoms with Gasteiger partial charge in [0, 0.05) is 6.20 Å². The summed E-state index contributed by atoms with van der Waals surface area (Å²) in [5, 5.41) is 8.12. The molecule has 1 aromatic heterocycles. The molecule has 0 amide bonds. The SMILES string of the molecule is CC(Br)c1cn(Cc2ccc(F)c(Cl)c2)nn1. The summed E-state index contributed by atoms with van der Waals surface area (Å²) >= 11 is 9.12. The molecule has 0 bridgehead atoms. The average Bonchev–Trinajstić information content (AvgIpc) is 2.72. The van der Waals surface area contributed by atoms with Crippen molar-refractivity contribution in [1.82, 2.24) is 15.0 Å². The van der Waals surface area contributed by atoms with Crippen LogP contribution in [0.5, 0.6) is 0 Å². The van der Waals surface area contributed by atoms with E-state index in [1.165, 1.54) is 6.07 Å². The second-order valence-corrected chi connectivity index (χ2v) is 5.49. The van der Waals surface area contributed by atoms with E-state index in [0.29, 0.717) is 6.54 Å². The zero-order valence-electron chi connectivity index (χ0n) is 9.07. The van der Waals surface area contributed by atoms with Crippen LogP contribution >= 0.6 is 27.5 Å². The topological polar surface area (TPSA) is 30.7 Å². The standard InChI is InChI=1S/C11H10BrClFN3/c1-7(12)11-6-17(16-15-11)5-8-2-3-10(14)9(13)4-8/h2-4,6-7H,5H2,1H3. The lowest BCUT2D eigenvalue weighted by Gasteiger charge is -2.02. The molecular weight excluding hydrogens is 308 g/mol. The average molecular weight is 319 g/mol.